The van der Waals surface area contributed by atoms with Crippen molar-refractivity contribution in [3.8, 4) is 5.75 Å². The number of rotatable bonds is 5. The number of para-hydroxylation sites is 2. The Morgan fingerprint density at radius 2 is 1.56 bits per heavy atom. The van der Waals surface area contributed by atoms with Gasteiger partial charge in [-0.1, -0.05) is 66.2 Å². The maximum Gasteiger partial charge on any atom is 0.286 e. The minimum Gasteiger partial charge on any atom is -0.488 e. The molecule has 5 nitrogen and oxygen atoms in total. The normalized spacial score (nSPS) is 17.3. The molecule has 0 aliphatic carbocycles. The Labute approximate surface area is 204 Å². The summed E-state index contributed by atoms with van der Waals surface area (Å²) in [5, 5.41) is 0.794. The van der Waals surface area contributed by atoms with E-state index in [1.165, 1.54) is 23.0 Å². The van der Waals surface area contributed by atoms with Crippen LogP contribution in [0.15, 0.2) is 88.8 Å². The number of carbonyl (C=O) groups excluding carboxylic acids is 1. The molecule has 0 atom stereocenters. The predicted octanol–water partition coefficient (Wildman–Crippen LogP) is 5.37. The first-order valence-electron chi connectivity index (χ1n) is 11.5. The summed E-state index contributed by atoms with van der Waals surface area (Å²) in [6, 6.07) is 26.6. The second kappa shape index (κ2) is 10.2. The third-order valence-electron chi connectivity index (χ3n) is 6.00. The molecule has 172 valence electrons. The number of aliphatic imine (C=N–C) groups is 1. The van der Waals surface area contributed by atoms with Gasteiger partial charge in [0.15, 0.2) is 5.17 Å². The lowest BCUT2D eigenvalue weighted by molar-refractivity contribution is -0.113. The molecule has 0 N–H and O–H groups in total. The smallest absolute Gasteiger partial charge is 0.286 e. The molecule has 0 saturated carbocycles. The highest BCUT2D eigenvalue weighted by Gasteiger charge is 2.28. The number of carbonyl (C=O) groups is 1. The fourth-order valence-electron chi connectivity index (χ4n) is 4.05. The molecular formula is C28H27N3O2S. The van der Waals surface area contributed by atoms with Gasteiger partial charge >= 0.3 is 0 Å². The lowest BCUT2D eigenvalue weighted by atomic mass is 10.1. The van der Waals surface area contributed by atoms with Crippen LogP contribution in [0.2, 0.25) is 0 Å². The summed E-state index contributed by atoms with van der Waals surface area (Å²) < 4.78 is 6.09. The van der Waals surface area contributed by atoms with Crippen LogP contribution in [-0.2, 0) is 11.4 Å². The van der Waals surface area contributed by atoms with Gasteiger partial charge in [0.25, 0.3) is 5.91 Å². The van der Waals surface area contributed by atoms with E-state index in [0.29, 0.717) is 11.5 Å². The number of hydrogen-bond donors (Lipinski definition) is 0. The number of piperazine rings is 1. The molecule has 0 spiro atoms. The topological polar surface area (TPSA) is 45.1 Å². The van der Waals surface area contributed by atoms with Gasteiger partial charge in [0.05, 0.1) is 4.91 Å². The summed E-state index contributed by atoms with van der Waals surface area (Å²) >= 11 is 1.46. The van der Waals surface area contributed by atoms with Crippen LogP contribution in [0.3, 0.4) is 0 Å². The molecule has 3 aromatic carbocycles. The molecule has 0 unspecified atom stereocenters. The minimum atomic E-state index is -0.182. The molecule has 5 rings (SSSR count). The van der Waals surface area contributed by atoms with Crippen molar-refractivity contribution in [3.63, 3.8) is 0 Å². The number of anilines is 1. The Bertz CT molecular complexity index is 1210. The van der Waals surface area contributed by atoms with E-state index in [-0.39, 0.29) is 5.91 Å². The highest BCUT2D eigenvalue weighted by molar-refractivity contribution is 8.18. The van der Waals surface area contributed by atoms with Crippen LogP contribution in [0.4, 0.5) is 5.69 Å². The number of aryl methyl sites for hydroxylation is 1. The molecule has 6 heteroatoms. The zero-order chi connectivity index (χ0) is 23.3. The average molecular weight is 470 g/mol. The number of benzene rings is 3. The highest BCUT2D eigenvalue weighted by atomic mass is 32.2. The first-order valence-corrected chi connectivity index (χ1v) is 12.3. The number of ether oxygens (including phenoxy) is 1. The fraction of sp³-hybridized carbons (Fsp3) is 0.214. The average Bonchev–Trinajstić information content (AvgIpc) is 3.25. The standard InChI is InChI=1S/C28H27N3O2S/c1-21-11-13-22(14-12-21)20-33-25-10-6-5-7-23(25)19-26-27(32)29-28(34-26)31-17-15-30(16-18-31)24-8-3-2-4-9-24/h2-14,19H,15-18,20H2,1H3. The van der Waals surface area contributed by atoms with Crippen LogP contribution in [-0.4, -0.2) is 42.2 Å². The van der Waals surface area contributed by atoms with Crippen molar-refractivity contribution in [3.05, 3.63) is 100 Å². The van der Waals surface area contributed by atoms with Gasteiger partial charge in [-0.05, 0) is 48.5 Å². The highest BCUT2D eigenvalue weighted by Crippen LogP contribution is 2.33. The third kappa shape index (κ3) is 5.18. The van der Waals surface area contributed by atoms with E-state index in [1.54, 1.807) is 0 Å². The summed E-state index contributed by atoms with van der Waals surface area (Å²) in [7, 11) is 0. The monoisotopic (exact) mass is 469 g/mol. The Balaban J connectivity index is 1.23. The zero-order valence-corrected chi connectivity index (χ0v) is 20.0. The Morgan fingerprint density at radius 3 is 2.32 bits per heavy atom. The SMILES string of the molecule is Cc1ccc(COc2ccccc2C=C2SC(N3CCN(c4ccccc4)CC3)=NC2=O)cc1. The largest absolute Gasteiger partial charge is 0.488 e. The van der Waals surface area contributed by atoms with Gasteiger partial charge in [-0.15, -0.1) is 0 Å². The number of hydrogen-bond acceptors (Lipinski definition) is 5. The van der Waals surface area contributed by atoms with Gasteiger partial charge in [-0.3, -0.25) is 4.79 Å². The maximum atomic E-state index is 12.7. The van der Waals surface area contributed by atoms with E-state index < -0.39 is 0 Å². The van der Waals surface area contributed by atoms with Crippen molar-refractivity contribution >= 4 is 34.6 Å². The second-order valence-electron chi connectivity index (χ2n) is 8.43. The van der Waals surface area contributed by atoms with Crippen molar-refractivity contribution in [1.82, 2.24) is 4.90 Å². The molecular weight excluding hydrogens is 442 g/mol. The van der Waals surface area contributed by atoms with Crippen LogP contribution in [0.1, 0.15) is 16.7 Å². The summed E-state index contributed by atoms with van der Waals surface area (Å²) in [6.07, 6.45) is 1.90. The number of nitrogens with zero attached hydrogens (tertiary/aromatic N) is 3. The van der Waals surface area contributed by atoms with Gasteiger partial charge in [0.2, 0.25) is 0 Å². The summed E-state index contributed by atoms with van der Waals surface area (Å²) in [5.74, 6) is 0.577. The first-order chi connectivity index (χ1) is 16.7. The molecule has 34 heavy (non-hydrogen) atoms. The third-order valence-corrected chi connectivity index (χ3v) is 7.05. The van der Waals surface area contributed by atoms with Crippen molar-refractivity contribution < 1.29 is 9.53 Å². The van der Waals surface area contributed by atoms with Gasteiger partial charge in [-0.25, -0.2) is 0 Å². The minimum absolute atomic E-state index is 0.182. The molecule has 2 aliphatic rings. The lowest BCUT2D eigenvalue weighted by Crippen LogP contribution is -2.47. The fourth-order valence-corrected chi connectivity index (χ4v) is 5.00. The van der Waals surface area contributed by atoms with Crippen LogP contribution >= 0.6 is 11.8 Å². The molecule has 2 aliphatic heterocycles. The Kier molecular flexibility index (Phi) is 6.67. The maximum absolute atomic E-state index is 12.7. The lowest BCUT2D eigenvalue weighted by Gasteiger charge is -2.36. The summed E-state index contributed by atoms with van der Waals surface area (Å²) in [5.41, 5.74) is 4.46. The first kappa shape index (κ1) is 22.3. The Morgan fingerprint density at radius 1 is 0.882 bits per heavy atom. The van der Waals surface area contributed by atoms with Crippen LogP contribution in [0.5, 0.6) is 5.75 Å². The van der Waals surface area contributed by atoms with Crippen molar-refractivity contribution in [2.24, 2.45) is 4.99 Å². The number of amides is 1. The van der Waals surface area contributed by atoms with Crippen LogP contribution in [0.25, 0.3) is 6.08 Å². The molecule has 0 radical (unpaired) electrons. The van der Waals surface area contributed by atoms with Crippen molar-refractivity contribution in [2.75, 3.05) is 31.1 Å². The molecule has 0 bridgehead atoms. The number of thioether (sulfide) groups is 1. The number of amidine groups is 1. The van der Waals surface area contributed by atoms with E-state index in [0.717, 1.165) is 48.2 Å². The van der Waals surface area contributed by atoms with E-state index in [2.05, 4.69) is 70.2 Å². The van der Waals surface area contributed by atoms with Crippen molar-refractivity contribution in [1.29, 1.82) is 0 Å². The van der Waals surface area contributed by atoms with Gasteiger partial charge in [0, 0.05) is 37.4 Å². The van der Waals surface area contributed by atoms with Gasteiger partial charge < -0.3 is 14.5 Å². The summed E-state index contributed by atoms with van der Waals surface area (Å²) in [6.45, 7) is 6.06. The Hall–Kier alpha value is -3.51. The van der Waals surface area contributed by atoms with Crippen molar-refractivity contribution in [2.45, 2.75) is 13.5 Å². The quantitative estimate of drug-likeness (QED) is 0.471. The van der Waals surface area contributed by atoms with E-state index >= 15 is 0 Å². The molecule has 3 aromatic rings. The van der Waals surface area contributed by atoms with E-state index in [1.807, 2.05) is 36.4 Å². The molecule has 1 fully saturated rings. The van der Waals surface area contributed by atoms with E-state index in [9.17, 15) is 4.79 Å². The molecule has 0 aromatic heterocycles. The van der Waals surface area contributed by atoms with Crippen LogP contribution in [0, 0.1) is 6.92 Å². The molecule has 1 saturated heterocycles. The second-order valence-corrected chi connectivity index (χ2v) is 9.44. The van der Waals surface area contributed by atoms with Crippen LogP contribution < -0.4 is 9.64 Å². The predicted molar refractivity (Wildman–Crippen MR) is 140 cm³/mol. The molecule has 2 heterocycles. The van der Waals surface area contributed by atoms with Gasteiger partial charge in [0.1, 0.15) is 12.4 Å². The van der Waals surface area contributed by atoms with E-state index in [4.69, 9.17) is 4.74 Å². The summed E-state index contributed by atoms with van der Waals surface area (Å²) in [4.78, 5) is 22.3. The zero-order valence-electron chi connectivity index (χ0n) is 19.2. The molecule has 1 amide bonds. The van der Waals surface area contributed by atoms with Gasteiger partial charge in [-0.2, -0.15) is 4.99 Å².